The molecule has 2 rings (SSSR count). The van der Waals surface area contributed by atoms with Crippen molar-refractivity contribution < 1.29 is 17.9 Å². The maximum absolute atomic E-state index is 12.1. The molecule has 0 aliphatic heterocycles. The summed E-state index contributed by atoms with van der Waals surface area (Å²) >= 11 is 0. The van der Waals surface area contributed by atoms with Gasteiger partial charge in [-0.25, -0.2) is 8.42 Å². The summed E-state index contributed by atoms with van der Waals surface area (Å²) in [5, 5.41) is 2.72. The summed E-state index contributed by atoms with van der Waals surface area (Å²) in [6.07, 6.45) is -0.267. The molecule has 1 amide bonds. The second-order valence-electron chi connectivity index (χ2n) is 6.30. The molecule has 2 aromatic carbocycles. The SMILES string of the molecule is Cc1ccc(OC(C)C(=O)NCCCS(=O)(=O)Cc2ccccc2)cc1. The lowest BCUT2D eigenvalue weighted by molar-refractivity contribution is -0.127. The topological polar surface area (TPSA) is 72.5 Å². The monoisotopic (exact) mass is 375 g/mol. The predicted molar refractivity (Wildman–Crippen MR) is 103 cm³/mol. The number of hydrogen-bond acceptors (Lipinski definition) is 4. The molecule has 1 unspecified atom stereocenters. The summed E-state index contributed by atoms with van der Waals surface area (Å²) in [5.74, 6) is 0.430. The Hall–Kier alpha value is -2.34. The molecule has 0 radical (unpaired) electrons. The molecule has 0 aliphatic rings. The van der Waals surface area contributed by atoms with Gasteiger partial charge in [0, 0.05) is 6.54 Å². The van der Waals surface area contributed by atoms with Crippen LogP contribution in [0.3, 0.4) is 0 Å². The zero-order valence-corrected chi connectivity index (χ0v) is 16.0. The maximum Gasteiger partial charge on any atom is 0.260 e. The standard InChI is InChI=1S/C20H25NO4S/c1-16-9-11-19(12-10-16)25-17(2)20(22)21-13-6-14-26(23,24)15-18-7-4-3-5-8-18/h3-5,7-12,17H,6,13-15H2,1-2H3,(H,21,22). The van der Waals surface area contributed by atoms with Crippen LogP contribution in [0.2, 0.25) is 0 Å². The van der Waals surface area contributed by atoms with Crippen molar-refractivity contribution in [2.24, 2.45) is 0 Å². The summed E-state index contributed by atoms with van der Waals surface area (Å²) in [4.78, 5) is 12.0. The summed E-state index contributed by atoms with van der Waals surface area (Å²) < 4.78 is 29.8. The first-order chi connectivity index (χ1) is 12.4. The van der Waals surface area contributed by atoms with Gasteiger partial charge in [0.2, 0.25) is 0 Å². The van der Waals surface area contributed by atoms with Crippen LogP contribution < -0.4 is 10.1 Å². The number of benzene rings is 2. The molecule has 0 saturated heterocycles. The summed E-state index contributed by atoms with van der Waals surface area (Å²) in [6, 6.07) is 16.5. The molecular formula is C20H25NO4S. The van der Waals surface area contributed by atoms with Crippen molar-refractivity contribution in [2.45, 2.75) is 32.1 Å². The highest BCUT2D eigenvalue weighted by atomic mass is 32.2. The van der Waals surface area contributed by atoms with E-state index in [2.05, 4.69) is 5.32 Å². The zero-order chi connectivity index (χ0) is 19.0. The number of hydrogen-bond donors (Lipinski definition) is 1. The van der Waals surface area contributed by atoms with E-state index in [-0.39, 0.29) is 17.4 Å². The van der Waals surface area contributed by atoms with E-state index in [1.807, 2.05) is 49.4 Å². The number of aryl methyl sites for hydroxylation is 1. The lowest BCUT2D eigenvalue weighted by Crippen LogP contribution is -2.37. The molecule has 0 spiro atoms. The van der Waals surface area contributed by atoms with Crippen LogP contribution in [0.4, 0.5) is 0 Å². The molecule has 2 aromatic rings. The Morgan fingerprint density at radius 3 is 2.38 bits per heavy atom. The minimum atomic E-state index is -3.19. The zero-order valence-electron chi connectivity index (χ0n) is 15.1. The van der Waals surface area contributed by atoms with E-state index in [0.717, 1.165) is 11.1 Å². The number of carbonyl (C=O) groups excluding carboxylic acids is 1. The smallest absolute Gasteiger partial charge is 0.260 e. The fourth-order valence-corrected chi connectivity index (χ4v) is 3.85. The highest BCUT2D eigenvalue weighted by Gasteiger charge is 2.15. The van der Waals surface area contributed by atoms with Crippen molar-refractivity contribution in [3.05, 3.63) is 65.7 Å². The van der Waals surface area contributed by atoms with Crippen LogP contribution in [-0.2, 0) is 20.4 Å². The van der Waals surface area contributed by atoms with E-state index in [0.29, 0.717) is 18.7 Å². The minimum absolute atomic E-state index is 0.0225. The minimum Gasteiger partial charge on any atom is -0.481 e. The first-order valence-electron chi connectivity index (χ1n) is 8.61. The number of carbonyl (C=O) groups is 1. The number of ether oxygens (including phenoxy) is 1. The third-order valence-corrected chi connectivity index (χ3v) is 5.55. The van der Waals surface area contributed by atoms with Gasteiger partial charge >= 0.3 is 0 Å². The molecule has 0 saturated carbocycles. The van der Waals surface area contributed by atoms with Gasteiger partial charge in [0.25, 0.3) is 5.91 Å². The molecule has 0 fully saturated rings. The number of sulfone groups is 1. The van der Waals surface area contributed by atoms with E-state index in [1.54, 1.807) is 19.1 Å². The normalized spacial score (nSPS) is 12.4. The number of nitrogens with one attached hydrogen (secondary N) is 1. The Labute approximate surface area is 155 Å². The van der Waals surface area contributed by atoms with Crippen molar-refractivity contribution >= 4 is 15.7 Å². The second kappa shape index (κ2) is 9.38. The van der Waals surface area contributed by atoms with Crippen LogP contribution in [0.15, 0.2) is 54.6 Å². The van der Waals surface area contributed by atoms with Crippen LogP contribution in [0.25, 0.3) is 0 Å². The fraction of sp³-hybridized carbons (Fsp3) is 0.350. The Balaban J connectivity index is 1.71. The van der Waals surface area contributed by atoms with Gasteiger partial charge in [0.1, 0.15) is 5.75 Å². The van der Waals surface area contributed by atoms with E-state index < -0.39 is 15.9 Å². The lowest BCUT2D eigenvalue weighted by atomic mass is 10.2. The molecule has 140 valence electrons. The van der Waals surface area contributed by atoms with Gasteiger partial charge < -0.3 is 10.1 Å². The van der Waals surface area contributed by atoms with Gasteiger partial charge in [0.15, 0.2) is 15.9 Å². The van der Waals surface area contributed by atoms with Gasteiger partial charge in [-0.3, -0.25) is 4.79 Å². The Morgan fingerprint density at radius 2 is 1.73 bits per heavy atom. The molecule has 0 aromatic heterocycles. The van der Waals surface area contributed by atoms with Gasteiger partial charge in [-0.05, 0) is 38.0 Å². The van der Waals surface area contributed by atoms with E-state index >= 15 is 0 Å². The summed E-state index contributed by atoms with van der Waals surface area (Å²) in [7, 11) is -3.19. The summed E-state index contributed by atoms with van der Waals surface area (Å²) in [6.45, 7) is 3.95. The Bertz CT molecular complexity index is 801. The fourth-order valence-electron chi connectivity index (χ4n) is 2.42. The molecule has 6 heteroatoms. The van der Waals surface area contributed by atoms with Crippen LogP contribution in [0, 0.1) is 6.92 Å². The molecule has 26 heavy (non-hydrogen) atoms. The van der Waals surface area contributed by atoms with Crippen LogP contribution >= 0.6 is 0 Å². The quantitative estimate of drug-likeness (QED) is 0.684. The maximum atomic E-state index is 12.1. The van der Waals surface area contributed by atoms with Crippen LogP contribution in [0.5, 0.6) is 5.75 Å². The highest BCUT2D eigenvalue weighted by molar-refractivity contribution is 7.90. The molecule has 0 aliphatic carbocycles. The average Bonchev–Trinajstić information content (AvgIpc) is 2.61. The van der Waals surface area contributed by atoms with Gasteiger partial charge in [-0.15, -0.1) is 0 Å². The van der Waals surface area contributed by atoms with Gasteiger partial charge in [-0.2, -0.15) is 0 Å². The predicted octanol–water partition coefficient (Wildman–Crippen LogP) is 2.88. The molecule has 1 atom stereocenters. The van der Waals surface area contributed by atoms with Crippen molar-refractivity contribution in [1.82, 2.24) is 5.32 Å². The first kappa shape index (κ1) is 20.0. The van der Waals surface area contributed by atoms with Crippen molar-refractivity contribution in [3.8, 4) is 5.75 Å². The van der Waals surface area contributed by atoms with E-state index in [9.17, 15) is 13.2 Å². The first-order valence-corrected chi connectivity index (χ1v) is 10.4. The van der Waals surface area contributed by atoms with Gasteiger partial charge in [0.05, 0.1) is 11.5 Å². The lowest BCUT2D eigenvalue weighted by Gasteiger charge is -2.15. The molecule has 5 nitrogen and oxygen atoms in total. The van der Waals surface area contributed by atoms with Crippen LogP contribution in [0.1, 0.15) is 24.5 Å². The number of rotatable bonds is 9. The van der Waals surface area contributed by atoms with Crippen molar-refractivity contribution in [3.63, 3.8) is 0 Å². The Morgan fingerprint density at radius 1 is 1.08 bits per heavy atom. The molecular weight excluding hydrogens is 350 g/mol. The van der Waals surface area contributed by atoms with Crippen LogP contribution in [-0.4, -0.2) is 32.7 Å². The largest absolute Gasteiger partial charge is 0.481 e. The number of amides is 1. The Kier molecular flexibility index (Phi) is 7.21. The van der Waals surface area contributed by atoms with E-state index in [4.69, 9.17) is 4.74 Å². The molecule has 0 bridgehead atoms. The van der Waals surface area contributed by atoms with Crippen molar-refractivity contribution in [1.29, 1.82) is 0 Å². The second-order valence-corrected chi connectivity index (χ2v) is 8.48. The highest BCUT2D eigenvalue weighted by Crippen LogP contribution is 2.13. The molecule has 1 N–H and O–H groups in total. The summed E-state index contributed by atoms with van der Waals surface area (Å²) in [5.41, 5.74) is 1.89. The van der Waals surface area contributed by atoms with E-state index in [1.165, 1.54) is 0 Å². The van der Waals surface area contributed by atoms with Crippen molar-refractivity contribution in [2.75, 3.05) is 12.3 Å². The average molecular weight is 375 g/mol. The van der Waals surface area contributed by atoms with Gasteiger partial charge in [-0.1, -0.05) is 48.0 Å². The molecule has 0 heterocycles. The third kappa shape index (κ3) is 6.88. The third-order valence-electron chi connectivity index (χ3n) is 3.86.